The smallest absolute Gasteiger partial charge is 0.256 e. The second-order valence-electron chi connectivity index (χ2n) is 8.12. The predicted octanol–water partition coefficient (Wildman–Crippen LogP) is 3.99. The van der Waals surface area contributed by atoms with Crippen molar-refractivity contribution in [2.24, 2.45) is 0 Å². The second kappa shape index (κ2) is 7.16. The molecule has 5 rings (SSSR count). The van der Waals surface area contributed by atoms with Gasteiger partial charge in [0.15, 0.2) is 15.5 Å². The van der Waals surface area contributed by atoms with Crippen molar-refractivity contribution in [2.75, 3.05) is 16.8 Å². The molecule has 1 amide bonds. The van der Waals surface area contributed by atoms with E-state index in [0.29, 0.717) is 40.3 Å². The van der Waals surface area contributed by atoms with Crippen LogP contribution in [0.25, 0.3) is 11.0 Å². The van der Waals surface area contributed by atoms with Crippen LogP contribution in [0.4, 0.5) is 5.69 Å². The van der Waals surface area contributed by atoms with Crippen LogP contribution in [0, 0.1) is 6.92 Å². The summed E-state index contributed by atoms with van der Waals surface area (Å²) in [4.78, 5) is 18.1. The first-order valence-electron chi connectivity index (χ1n) is 9.98. The summed E-state index contributed by atoms with van der Waals surface area (Å²) in [6, 6.07) is 9.07. The summed E-state index contributed by atoms with van der Waals surface area (Å²) in [5.41, 5.74) is 3.40. The van der Waals surface area contributed by atoms with Crippen molar-refractivity contribution in [3.8, 4) is 0 Å². The molecule has 0 bridgehead atoms. The summed E-state index contributed by atoms with van der Waals surface area (Å²) in [6.45, 7) is 1.84. The number of anilines is 1. The first kappa shape index (κ1) is 19.7. The summed E-state index contributed by atoms with van der Waals surface area (Å²) in [5.74, 6) is 0.362. The predicted molar refractivity (Wildman–Crippen MR) is 119 cm³/mol. The van der Waals surface area contributed by atoms with Crippen LogP contribution < -0.4 is 5.32 Å². The number of hydrogen-bond donors (Lipinski definition) is 1. The van der Waals surface area contributed by atoms with Gasteiger partial charge in [-0.05, 0) is 50.5 Å². The fourth-order valence-corrected chi connectivity index (χ4v) is 6.18. The van der Waals surface area contributed by atoms with Crippen LogP contribution >= 0.6 is 15.9 Å². The third-order valence-corrected chi connectivity index (χ3v) is 7.98. The molecule has 9 heteroatoms. The Kier molecular flexibility index (Phi) is 4.70. The first-order valence-corrected chi connectivity index (χ1v) is 12.6. The number of aromatic nitrogens is 3. The topological polar surface area (TPSA) is 93.9 Å². The van der Waals surface area contributed by atoms with E-state index in [1.54, 1.807) is 4.68 Å². The van der Waals surface area contributed by atoms with Gasteiger partial charge in [-0.25, -0.2) is 18.1 Å². The lowest BCUT2D eigenvalue weighted by Crippen LogP contribution is -2.15. The van der Waals surface area contributed by atoms with Gasteiger partial charge in [-0.15, -0.1) is 0 Å². The highest BCUT2D eigenvalue weighted by molar-refractivity contribution is 9.10. The number of nitrogens with one attached hydrogen (secondary N) is 1. The molecular weight excluding hydrogens is 468 g/mol. The number of sulfone groups is 1. The summed E-state index contributed by atoms with van der Waals surface area (Å²) in [7, 11) is -3.06. The number of nitrogens with zero attached hydrogens (tertiary/aromatic N) is 3. The Balaban J connectivity index is 1.61. The van der Waals surface area contributed by atoms with Crippen LogP contribution in [-0.4, -0.2) is 40.6 Å². The van der Waals surface area contributed by atoms with Gasteiger partial charge in [0.1, 0.15) is 0 Å². The normalized spacial score (nSPS) is 20.5. The average molecular weight is 489 g/mol. The van der Waals surface area contributed by atoms with E-state index >= 15 is 0 Å². The van der Waals surface area contributed by atoms with Crippen LogP contribution in [0.1, 0.15) is 53.0 Å². The number of halogens is 1. The highest BCUT2D eigenvalue weighted by atomic mass is 79.9. The van der Waals surface area contributed by atoms with Gasteiger partial charge in [0.25, 0.3) is 5.91 Å². The highest BCUT2D eigenvalue weighted by Gasteiger charge is 2.34. The van der Waals surface area contributed by atoms with Crippen LogP contribution in [-0.2, 0) is 9.84 Å². The number of hydrogen-bond acceptors (Lipinski definition) is 5. The number of rotatable bonds is 4. The van der Waals surface area contributed by atoms with Crippen molar-refractivity contribution < 1.29 is 13.2 Å². The zero-order valence-corrected chi connectivity index (χ0v) is 18.8. The monoisotopic (exact) mass is 488 g/mol. The molecule has 3 aromatic rings. The van der Waals surface area contributed by atoms with Gasteiger partial charge in [0.2, 0.25) is 0 Å². The van der Waals surface area contributed by atoms with Crippen molar-refractivity contribution in [1.29, 1.82) is 0 Å². The van der Waals surface area contributed by atoms with Gasteiger partial charge in [-0.1, -0.05) is 22.0 Å². The van der Waals surface area contributed by atoms with Gasteiger partial charge in [-0.2, -0.15) is 5.10 Å². The van der Waals surface area contributed by atoms with E-state index in [1.165, 1.54) is 0 Å². The van der Waals surface area contributed by atoms with E-state index in [9.17, 15) is 13.2 Å². The Hall–Kier alpha value is -2.26. The maximum Gasteiger partial charge on any atom is 0.256 e. The van der Waals surface area contributed by atoms with E-state index < -0.39 is 9.84 Å². The van der Waals surface area contributed by atoms with Gasteiger partial charge >= 0.3 is 0 Å². The molecule has 1 saturated carbocycles. The number of carbonyl (C=O) groups excluding carboxylic acids is 1. The van der Waals surface area contributed by atoms with E-state index in [1.807, 2.05) is 37.3 Å². The van der Waals surface area contributed by atoms with Crippen molar-refractivity contribution in [1.82, 2.24) is 14.8 Å². The largest absolute Gasteiger partial charge is 0.322 e. The average Bonchev–Trinajstić information content (AvgIpc) is 3.41. The molecule has 1 atom stereocenters. The Bertz CT molecular complexity index is 1280. The zero-order valence-electron chi connectivity index (χ0n) is 16.4. The van der Waals surface area contributed by atoms with Crippen molar-refractivity contribution in [3.05, 3.63) is 51.8 Å². The lowest BCUT2D eigenvalue weighted by molar-refractivity contribution is 0.102. The molecule has 3 heterocycles. The third-order valence-electron chi connectivity index (χ3n) is 5.73. The molecule has 0 spiro atoms. The van der Waals surface area contributed by atoms with Crippen molar-refractivity contribution in [2.45, 2.75) is 38.1 Å². The molecule has 0 unspecified atom stereocenters. The summed E-state index contributed by atoms with van der Waals surface area (Å²) in [6.07, 6.45) is 2.62. The molecule has 1 saturated heterocycles. The quantitative estimate of drug-likeness (QED) is 0.598. The molecule has 1 aromatic carbocycles. The van der Waals surface area contributed by atoms with E-state index in [0.717, 1.165) is 23.0 Å². The lowest BCUT2D eigenvalue weighted by Gasteiger charge is -2.12. The Morgan fingerprint density at radius 1 is 1.23 bits per heavy atom. The number of pyridine rings is 1. The minimum atomic E-state index is -3.06. The zero-order chi connectivity index (χ0) is 21.0. The van der Waals surface area contributed by atoms with E-state index in [-0.39, 0.29) is 23.5 Å². The van der Waals surface area contributed by atoms with Crippen molar-refractivity contribution >= 4 is 48.4 Å². The minimum Gasteiger partial charge on any atom is -0.322 e. The molecule has 2 aromatic heterocycles. The molecule has 156 valence electrons. The SMILES string of the molecule is Cc1nn([C@H]2CCS(=O)(=O)C2)c2nc(C3CC3)cc(C(=O)Nc3cccc(Br)c3)c12. The Labute approximate surface area is 182 Å². The minimum absolute atomic E-state index is 0.0676. The second-order valence-corrected chi connectivity index (χ2v) is 11.3. The fourth-order valence-electron chi connectivity index (χ4n) is 4.09. The molecule has 2 aliphatic rings. The Morgan fingerprint density at radius 3 is 2.70 bits per heavy atom. The number of fused-ring (bicyclic) bond motifs is 1. The molecule has 7 nitrogen and oxygen atoms in total. The first-order chi connectivity index (χ1) is 14.3. The van der Waals surface area contributed by atoms with Gasteiger partial charge in [0.05, 0.1) is 34.2 Å². The number of amides is 1. The van der Waals surface area contributed by atoms with E-state index in [2.05, 4.69) is 26.3 Å². The standard InChI is InChI=1S/C21H21BrN4O3S/c1-12-19-17(21(27)23-15-4-2-3-14(22)9-15)10-18(13-5-6-13)24-20(19)26(25-12)16-7-8-30(28,29)11-16/h2-4,9-10,13,16H,5-8,11H2,1H3,(H,23,27)/t16-/m0/s1. The fraction of sp³-hybridized carbons (Fsp3) is 0.381. The molecule has 1 aliphatic carbocycles. The molecule has 2 fully saturated rings. The van der Waals surface area contributed by atoms with Crippen molar-refractivity contribution in [3.63, 3.8) is 0 Å². The lowest BCUT2D eigenvalue weighted by atomic mass is 10.1. The molecule has 1 aliphatic heterocycles. The van der Waals surface area contributed by atoms with Gasteiger partial charge in [0, 0.05) is 21.8 Å². The number of benzene rings is 1. The maximum absolute atomic E-state index is 13.2. The number of carbonyl (C=O) groups is 1. The summed E-state index contributed by atoms with van der Waals surface area (Å²) >= 11 is 3.43. The van der Waals surface area contributed by atoms with Crippen LogP contribution in [0.15, 0.2) is 34.8 Å². The molecular formula is C21H21BrN4O3S. The molecule has 30 heavy (non-hydrogen) atoms. The van der Waals surface area contributed by atoms with Crippen LogP contribution in [0.5, 0.6) is 0 Å². The Morgan fingerprint density at radius 2 is 2.03 bits per heavy atom. The van der Waals surface area contributed by atoms with E-state index in [4.69, 9.17) is 4.98 Å². The van der Waals surface area contributed by atoms with Crippen LogP contribution in [0.2, 0.25) is 0 Å². The third kappa shape index (κ3) is 3.65. The molecule has 0 radical (unpaired) electrons. The van der Waals surface area contributed by atoms with Gasteiger partial charge < -0.3 is 5.32 Å². The van der Waals surface area contributed by atoms with Gasteiger partial charge in [-0.3, -0.25) is 4.79 Å². The van der Waals surface area contributed by atoms with Crippen LogP contribution in [0.3, 0.4) is 0 Å². The summed E-state index contributed by atoms with van der Waals surface area (Å²) in [5, 5.41) is 8.28. The molecule has 1 N–H and O–H groups in total. The number of aryl methyl sites for hydroxylation is 1. The summed E-state index contributed by atoms with van der Waals surface area (Å²) < 4.78 is 26.7. The highest BCUT2D eigenvalue weighted by Crippen LogP contribution is 2.41. The maximum atomic E-state index is 13.2.